The summed E-state index contributed by atoms with van der Waals surface area (Å²) in [4.78, 5) is 24.2. The van der Waals surface area contributed by atoms with Crippen LogP contribution in [-0.4, -0.2) is 42.1 Å². The summed E-state index contributed by atoms with van der Waals surface area (Å²) in [6.45, 7) is 8.38. The molecule has 1 rings (SSSR count). The number of hydrogen-bond donors (Lipinski definition) is 3. The summed E-state index contributed by atoms with van der Waals surface area (Å²) in [6, 6.07) is 5.31. The first kappa shape index (κ1) is 22.1. The molecule has 6 nitrogen and oxygen atoms in total. The smallest absolute Gasteiger partial charge is 0.224 e. The van der Waals surface area contributed by atoms with Crippen molar-refractivity contribution >= 4 is 17.4 Å². The van der Waals surface area contributed by atoms with Crippen LogP contribution in [0.3, 0.4) is 0 Å². The number of ketones is 1. The largest absolute Gasteiger partial charge is 0.490 e. The molecule has 1 aromatic rings. The Bertz CT molecular complexity index is 587. The summed E-state index contributed by atoms with van der Waals surface area (Å²) in [5, 5.41) is 15.9. The summed E-state index contributed by atoms with van der Waals surface area (Å²) in [7, 11) is 0. The fourth-order valence-corrected chi connectivity index (χ4v) is 2.38. The molecular weight excluding hydrogens is 332 g/mol. The van der Waals surface area contributed by atoms with Gasteiger partial charge in [0, 0.05) is 31.1 Å². The zero-order valence-corrected chi connectivity index (χ0v) is 16.3. The summed E-state index contributed by atoms with van der Waals surface area (Å²) in [6.07, 6.45) is 1.66. The van der Waals surface area contributed by atoms with E-state index < -0.39 is 6.10 Å². The summed E-state index contributed by atoms with van der Waals surface area (Å²) in [5.41, 5.74) is 1.02. The topological polar surface area (TPSA) is 87.7 Å². The van der Waals surface area contributed by atoms with E-state index in [0.29, 0.717) is 36.4 Å². The number of aliphatic hydroxyl groups is 1. The number of ether oxygens (including phenoxy) is 1. The van der Waals surface area contributed by atoms with Gasteiger partial charge in [0.15, 0.2) is 5.78 Å². The van der Waals surface area contributed by atoms with E-state index in [0.717, 1.165) is 12.8 Å². The number of carbonyl (C=O) groups is 2. The summed E-state index contributed by atoms with van der Waals surface area (Å²) in [5.74, 6) is 0.315. The van der Waals surface area contributed by atoms with Crippen molar-refractivity contribution in [1.82, 2.24) is 5.32 Å². The normalized spacial score (nSPS) is 12.1. The van der Waals surface area contributed by atoms with Gasteiger partial charge in [-0.15, -0.1) is 0 Å². The van der Waals surface area contributed by atoms with Gasteiger partial charge >= 0.3 is 0 Å². The third-order valence-corrected chi connectivity index (χ3v) is 3.71. The van der Waals surface area contributed by atoms with Gasteiger partial charge in [-0.05, 0) is 31.0 Å². The van der Waals surface area contributed by atoms with Crippen molar-refractivity contribution in [3.8, 4) is 5.75 Å². The molecular formula is C20H32N2O4. The molecule has 0 saturated heterocycles. The first-order valence-electron chi connectivity index (χ1n) is 9.38. The zero-order chi connectivity index (χ0) is 19.5. The van der Waals surface area contributed by atoms with Gasteiger partial charge in [0.2, 0.25) is 5.91 Å². The SMILES string of the molecule is CCCC(=O)Nc1ccc(OC[C@H](O)CNC(C)C)c(C(=O)CCC)c1. The molecule has 1 aromatic carbocycles. The number of Topliss-reactive ketones (excluding diaryl/α,β-unsaturated/α-hetero) is 1. The van der Waals surface area contributed by atoms with Crippen molar-refractivity contribution in [3.63, 3.8) is 0 Å². The molecule has 0 aliphatic carbocycles. The van der Waals surface area contributed by atoms with Crippen LogP contribution in [-0.2, 0) is 4.79 Å². The van der Waals surface area contributed by atoms with E-state index in [1.54, 1.807) is 18.2 Å². The highest BCUT2D eigenvalue weighted by atomic mass is 16.5. The Labute approximate surface area is 156 Å². The van der Waals surface area contributed by atoms with Gasteiger partial charge in [-0.2, -0.15) is 0 Å². The Morgan fingerprint density at radius 1 is 1.15 bits per heavy atom. The Morgan fingerprint density at radius 3 is 2.46 bits per heavy atom. The van der Waals surface area contributed by atoms with Crippen LogP contribution < -0.4 is 15.4 Å². The quantitative estimate of drug-likeness (QED) is 0.496. The van der Waals surface area contributed by atoms with Crippen LogP contribution in [0.25, 0.3) is 0 Å². The number of carbonyl (C=O) groups excluding carboxylic acids is 2. The van der Waals surface area contributed by atoms with Crippen LogP contribution in [0.1, 0.15) is 63.7 Å². The highest BCUT2D eigenvalue weighted by Crippen LogP contribution is 2.25. The van der Waals surface area contributed by atoms with Crippen LogP contribution >= 0.6 is 0 Å². The van der Waals surface area contributed by atoms with Gasteiger partial charge < -0.3 is 20.5 Å². The molecule has 0 aliphatic rings. The van der Waals surface area contributed by atoms with E-state index in [2.05, 4.69) is 10.6 Å². The number of benzene rings is 1. The second-order valence-corrected chi connectivity index (χ2v) is 6.71. The molecule has 0 bridgehead atoms. The maximum atomic E-state index is 12.4. The first-order chi connectivity index (χ1) is 12.4. The van der Waals surface area contributed by atoms with Crippen molar-refractivity contribution in [2.75, 3.05) is 18.5 Å². The number of aliphatic hydroxyl groups excluding tert-OH is 1. The van der Waals surface area contributed by atoms with Gasteiger partial charge in [-0.3, -0.25) is 9.59 Å². The zero-order valence-electron chi connectivity index (χ0n) is 16.3. The lowest BCUT2D eigenvalue weighted by atomic mass is 10.0. The van der Waals surface area contributed by atoms with Crippen LogP contribution in [0.4, 0.5) is 5.69 Å². The lowest BCUT2D eigenvalue weighted by molar-refractivity contribution is -0.116. The molecule has 3 N–H and O–H groups in total. The van der Waals surface area contributed by atoms with Crippen LogP contribution in [0.2, 0.25) is 0 Å². The molecule has 0 radical (unpaired) electrons. The standard InChI is InChI=1S/C20H32N2O4/c1-5-7-18(24)17-11-15(22-20(25)8-6-2)9-10-19(17)26-13-16(23)12-21-14(3)4/h9-11,14,16,21,23H,5-8,12-13H2,1-4H3,(H,22,25)/t16-/m1/s1. The van der Waals surface area contributed by atoms with Gasteiger partial charge in [0.05, 0.1) is 5.56 Å². The average Bonchev–Trinajstić information content (AvgIpc) is 2.59. The second kappa shape index (κ2) is 11.6. The molecule has 1 atom stereocenters. The number of anilines is 1. The van der Waals surface area contributed by atoms with E-state index in [-0.39, 0.29) is 24.3 Å². The van der Waals surface area contributed by atoms with E-state index in [9.17, 15) is 14.7 Å². The fourth-order valence-electron chi connectivity index (χ4n) is 2.38. The maximum absolute atomic E-state index is 12.4. The Balaban J connectivity index is 2.85. The molecule has 0 aliphatic heterocycles. The van der Waals surface area contributed by atoms with Gasteiger partial charge in [-0.1, -0.05) is 27.7 Å². The average molecular weight is 364 g/mol. The minimum absolute atomic E-state index is 0.0381. The number of hydrogen-bond acceptors (Lipinski definition) is 5. The third-order valence-electron chi connectivity index (χ3n) is 3.71. The lowest BCUT2D eigenvalue weighted by Crippen LogP contribution is -2.35. The monoisotopic (exact) mass is 364 g/mol. The molecule has 0 aromatic heterocycles. The van der Waals surface area contributed by atoms with E-state index in [1.165, 1.54) is 0 Å². The minimum Gasteiger partial charge on any atom is -0.490 e. The molecule has 0 fully saturated rings. The van der Waals surface area contributed by atoms with Crippen LogP contribution in [0.15, 0.2) is 18.2 Å². The van der Waals surface area contributed by atoms with Crippen molar-refractivity contribution < 1.29 is 19.4 Å². The molecule has 1 amide bonds. The third kappa shape index (κ3) is 7.97. The Kier molecular flexibility index (Phi) is 9.91. The summed E-state index contributed by atoms with van der Waals surface area (Å²) < 4.78 is 5.68. The van der Waals surface area contributed by atoms with Gasteiger partial charge in [0.25, 0.3) is 0 Å². The molecule has 0 unspecified atom stereocenters. The molecule has 0 spiro atoms. The minimum atomic E-state index is -0.671. The first-order valence-corrected chi connectivity index (χ1v) is 9.38. The molecule has 26 heavy (non-hydrogen) atoms. The molecule has 146 valence electrons. The molecule has 6 heteroatoms. The Hall–Kier alpha value is -1.92. The van der Waals surface area contributed by atoms with Crippen LogP contribution in [0, 0.1) is 0 Å². The maximum Gasteiger partial charge on any atom is 0.224 e. The number of nitrogens with one attached hydrogen (secondary N) is 2. The van der Waals surface area contributed by atoms with Gasteiger partial charge in [0.1, 0.15) is 18.5 Å². The van der Waals surface area contributed by atoms with Crippen molar-refractivity contribution in [2.45, 2.75) is 65.5 Å². The fraction of sp³-hybridized carbons (Fsp3) is 0.600. The van der Waals surface area contributed by atoms with Crippen molar-refractivity contribution in [1.29, 1.82) is 0 Å². The second-order valence-electron chi connectivity index (χ2n) is 6.71. The number of amides is 1. The lowest BCUT2D eigenvalue weighted by Gasteiger charge is -2.17. The molecule has 0 saturated carbocycles. The van der Waals surface area contributed by atoms with Crippen LogP contribution in [0.5, 0.6) is 5.75 Å². The van der Waals surface area contributed by atoms with Gasteiger partial charge in [-0.25, -0.2) is 0 Å². The number of rotatable bonds is 12. The van der Waals surface area contributed by atoms with E-state index >= 15 is 0 Å². The van der Waals surface area contributed by atoms with Crippen molar-refractivity contribution in [2.24, 2.45) is 0 Å². The molecule has 0 heterocycles. The van der Waals surface area contributed by atoms with Crippen molar-refractivity contribution in [3.05, 3.63) is 23.8 Å². The highest BCUT2D eigenvalue weighted by Gasteiger charge is 2.15. The van der Waals surface area contributed by atoms with E-state index in [1.807, 2.05) is 27.7 Å². The summed E-state index contributed by atoms with van der Waals surface area (Å²) >= 11 is 0. The highest BCUT2D eigenvalue weighted by molar-refractivity contribution is 6.00. The predicted octanol–water partition coefficient (Wildman–Crippen LogP) is 3.15. The van der Waals surface area contributed by atoms with E-state index in [4.69, 9.17) is 4.74 Å². The Morgan fingerprint density at radius 2 is 1.85 bits per heavy atom. The predicted molar refractivity (Wildman–Crippen MR) is 104 cm³/mol.